The lowest BCUT2D eigenvalue weighted by atomic mass is 9.90. The van der Waals surface area contributed by atoms with E-state index in [-0.39, 0.29) is 18.6 Å². The summed E-state index contributed by atoms with van der Waals surface area (Å²) >= 11 is 1.34. The highest BCUT2D eigenvalue weighted by atomic mass is 32.1. The summed E-state index contributed by atoms with van der Waals surface area (Å²) in [5, 5.41) is 12.5. The Kier molecular flexibility index (Phi) is 5.65. The number of hydrogen-bond donors (Lipinski definition) is 2. The van der Waals surface area contributed by atoms with Crippen molar-refractivity contribution in [3.05, 3.63) is 16.5 Å². The molecule has 2 heterocycles. The van der Waals surface area contributed by atoms with Gasteiger partial charge in [0.2, 0.25) is 0 Å². The second-order valence-corrected chi connectivity index (χ2v) is 8.84. The fraction of sp³-hybridized carbons (Fsp3) is 0.611. The number of rotatable bonds is 4. The normalized spacial score (nSPS) is 20.1. The van der Waals surface area contributed by atoms with Crippen molar-refractivity contribution in [2.45, 2.75) is 46.5 Å². The lowest BCUT2D eigenvalue weighted by Gasteiger charge is -2.20. The number of carbonyl (C=O) groups excluding carboxylic acids is 2. The van der Waals surface area contributed by atoms with E-state index in [9.17, 15) is 19.5 Å². The Bertz CT molecular complexity index is 722. The number of hydrogen-bond acceptors (Lipinski definition) is 5. The number of amides is 2. The number of carbonyl (C=O) groups is 3. The van der Waals surface area contributed by atoms with Gasteiger partial charge < -0.3 is 14.7 Å². The van der Waals surface area contributed by atoms with Gasteiger partial charge in [-0.15, -0.1) is 11.3 Å². The molecule has 0 radical (unpaired) electrons. The number of nitrogens with one attached hydrogen (secondary N) is 1. The summed E-state index contributed by atoms with van der Waals surface area (Å²) in [7, 11) is 0. The Hall–Kier alpha value is -2.09. The predicted molar refractivity (Wildman–Crippen MR) is 99.9 cm³/mol. The fourth-order valence-electron chi connectivity index (χ4n) is 2.70. The number of esters is 1. The molecule has 1 unspecified atom stereocenters. The van der Waals surface area contributed by atoms with Crippen LogP contribution in [0.1, 0.15) is 56.3 Å². The molecule has 144 valence electrons. The number of carboxylic acid groups (broad SMARTS) is 1. The second-order valence-electron chi connectivity index (χ2n) is 7.79. The molecule has 0 aromatic carbocycles. The Balaban J connectivity index is 2.22. The first-order chi connectivity index (χ1) is 12.0. The van der Waals surface area contributed by atoms with Gasteiger partial charge in [0, 0.05) is 18.0 Å². The SMILES string of the molecule is CCOC(=O)c1cc(C(C)(C)C)sc1NC(=O)N1CCC(C)(C(=O)O)C1. The molecule has 1 atom stereocenters. The Morgan fingerprint density at radius 1 is 1.38 bits per heavy atom. The van der Waals surface area contributed by atoms with E-state index in [2.05, 4.69) is 5.32 Å². The maximum absolute atomic E-state index is 12.6. The van der Waals surface area contributed by atoms with Crippen molar-refractivity contribution in [3.63, 3.8) is 0 Å². The maximum atomic E-state index is 12.6. The molecule has 1 aliphatic heterocycles. The van der Waals surface area contributed by atoms with Crippen LogP contribution < -0.4 is 5.32 Å². The lowest BCUT2D eigenvalue weighted by Crippen LogP contribution is -2.37. The highest BCUT2D eigenvalue weighted by molar-refractivity contribution is 7.16. The van der Waals surface area contributed by atoms with Gasteiger partial charge in [0.25, 0.3) is 0 Å². The van der Waals surface area contributed by atoms with Crippen molar-refractivity contribution in [2.75, 3.05) is 25.0 Å². The summed E-state index contributed by atoms with van der Waals surface area (Å²) in [4.78, 5) is 38.6. The minimum atomic E-state index is -0.937. The third-order valence-electron chi connectivity index (χ3n) is 4.46. The summed E-state index contributed by atoms with van der Waals surface area (Å²) in [5.41, 5.74) is -0.784. The Morgan fingerprint density at radius 2 is 2.04 bits per heavy atom. The van der Waals surface area contributed by atoms with Crippen molar-refractivity contribution in [3.8, 4) is 0 Å². The van der Waals surface area contributed by atoms with Crippen molar-refractivity contribution in [1.82, 2.24) is 4.90 Å². The maximum Gasteiger partial charge on any atom is 0.341 e. The zero-order valence-corrected chi connectivity index (χ0v) is 16.7. The number of ether oxygens (including phenoxy) is 1. The first-order valence-corrected chi connectivity index (χ1v) is 9.40. The van der Waals surface area contributed by atoms with E-state index in [0.717, 1.165) is 4.88 Å². The smallest absolute Gasteiger partial charge is 0.341 e. The van der Waals surface area contributed by atoms with Crippen LogP contribution >= 0.6 is 11.3 Å². The number of carboxylic acids is 1. The number of aliphatic carboxylic acids is 1. The minimum Gasteiger partial charge on any atom is -0.481 e. The quantitative estimate of drug-likeness (QED) is 0.777. The molecule has 0 aliphatic carbocycles. The number of urea groups is 1. The van der Waals surface area contributed by atoms with Gasteiger partial charge in [0.1, 0.15) is 5.00 Å². The number of nitrogens with zero attached hydrogens (tertiary/aromatic N) is 1. The molecule has 2 amide bonds. The molecule has 1 aromatic rings. The first kappa shape index (κ1) is 20.2. The van der Waals surface area contributed by atoms with E-state index in [4.69, 9.17) is 4.74 Å². The molecule has 0 saturated carbocycles. The summed E-state index contributed by atoms with van der Waals surface area (Å²) in [5.74, 6) is -1.39. The predicted octanol–water partition coefficient (Wildman–Crippen LogP) is 3.55. The summed E-state index contributed by atoms with van der Waals surface area (Å²) < 4.78 is 5.09. The van der Waals surface area contributed by atoms with E-state index >= 15 is 0 Å². The average molecular weight is 382 g/mol. The molecule has 1 aromatic heterocycles. The molecule has 26 heavy (non-hydrogen) atoms. The van der Waals surface area contributed by atoms with Crippen LogP contribution in [-0.4, -0.2) is 47.7 Å². The molecular formula is C18H26N2O5S. The van der Waals surface area contributed by atoms with Crippen LogP contribution in [0.4, 0.5) is 9.80 Å². The van der Waals surface area contributed by atoms with Gasteiger partial charge in [0.05, 0.1) is 17.6 Å². The largest absolute Gasteiger partial charge is 0.481 e. The van der Waals surface area contributed by atoms with E-state index < -0.39 is 23.4 Å². The molecule has 1 fully saturated rings. The minimum absolute atomic E-state index is 0.139. The number of thiophene rings is 1. The van der Waals surface area contributed by atoms with Crippen molar-refractivity contribution < 1.29 is 24.2 Å². The average Bonchev–Trinajstić information content (AvgIpc) is 3.12. The fourth-order valence-corrected chi connectivity index (χ4v) is 3.79. The third-order valence-corrected chi connectivity index (χ3v) is 5.94. The molecule has 1 aliphatic rings. The van der Waals surface area contributed by atoms with Gasteiger partial charge in [0.15, 0.2) is 0 Å². The number of likely N-dealkylation sites (tertiary alicyclic amines) is 1. The van der Waals surface area contributed by atoms with Gasteiger partial charge in [-0.05, 0) is 31.7 Å². The van der Waals surface area contributed by atoms with Crippen LogP contribution in [0.25, 0.3) is 0 Å². The van der Waals surface area contributed by atoms with Crippen molar-refractivity contribution in [2.24, 2.45) is 5.41 Å². The Morgan fingerprint density at radius 3 is 2.54 bits per heavy atom. The van der Waals surface area contributed by atoms with Crippen LogP contribution in [-0.2, 0) is 14.9 Å². The van der Waals surface area contributed by atoms with Gasteiger partial charge in [-0.1, -0.05) is 20.8 Å². The molecule has 2 rings (SSSR count). The van der Waals surface area contributed by atoms with Crippen molar-refractivity contribution >= 4 is 34.3 Å². The van der Waals surface area contributed by atoms with E-state index in [1.807, 2.05) is 20.8 Å². The highest BCUT2D eigenvalue weighted by Crippen LogP contribution is 2.37. The van der Waals surface area contributed by atoms with Gasteiger partial charge in [-0.25, -0.2) is 9.59 Å². The van der Waals surface area contributed by atoms with Crippen LogP contribution in [0.2, 0.25) is 0 Å². The standard InChI is InChI=1S/C18H26N2O5S/c1-6-25-14(21)11-9-12(17(2,3)4)26-13(11)19-16(24)20-8-7-18(5,10-20)15(22)23/h9H,6-8,10H2,1-5H3,(H,19,24)(H,22,23). The van der Waals surface area contributed by atoms with E-state index in [0.29, 0.717) is 23.5 Å². The molecule has 2 N–H and O–H groups in total. The molecule has 7 nitrogen and oxygen atoms in total. The molecular weight excluding hydrogens is 356 g/mol. The molecule has 8 heteroatoms. The van der Waals surface area contributed by atoms with E-state index in [1.165, 1.54) is 16.2 Å². The number of anilines is 1. The monoisotopic (exact) mass is 382 g/mol. The lowest BCUT2D eigenvalue weighted by molar-refractivity contribution is -0.146. The van der Waals surface area contributed by atoms with Crippen molar-refractivity contribution in [1.29, 1.82) is 0 Å². The molecule has 0 spiro atoms. The molecule has 0 bridgehead atoms. The highest BCUT2D eigenvalue weighted by Gasteiger charge is 2.42. The van der Waals surface area contributed by atoms with Gasteiger partial charge in [-0.3, -0.25) is 10.1 Å². The second kappa shape index (κ2) is 7.26. The summed E-state index contributed by atoms with van der Waals surface area (Å²) in [6.45, 7) is 10.2. The summed E-state index contributed by atoms with van der Waals surface area (Å²) in [6, 6.07) is 1.35. The zero-order chi connectivity index (χ0) is 19.7. The topological polar surface area (TPSA) is 95.9 Å². The summed E-state index contributed by atoms with van der Waals surface area (Å²) in [6.07, 6.45) is 0.401. The molecule has 1 saturated heterocycles. The van der Waals surface area contributed by atoms with E-state index in [1.54, 1.807) is 19.9 Å². The zero-order valence-electron chi connectivity index (χ0n) is 15.8. The first-order valence-electron chi connectivity index (χ1n) is 8.58. The van der Waals surface area contributed by atoms with Crippen LogP contribution in [0, 0.1) is 5.41 Å². The van der Waals surface area contributed by atoms with Crippen LogP contribution in [0.3, 0.4) is 0 Å². The Labute approximate surface area is 157 Å². The van der Waals surface area contributed by atoms with Gasteiger partial charge in [-0.2, -0.15) is 0 Å². The van der Waals surface area contributed by atoms with Gasteiger partial charge >= 0.3 is 18.0 Å². The third kappa shape index (κ3) is 4.17. The van der Waals surface area contributed by atoms with Crippen LogP contribution in [0.15, 0.2) is 6.07 Å². The van der Waals surface area contributed by atoms with Crippen LogP contribution in [0.5, 0.6) is 0 Å².